The van der Waals surface area contributed by atoms with Crippen LogP contribution in [0.15, 0.2) is 29.2 Å². The van der Waals surface area contributed by atoms with E-state index in [4.69, 9.17) is 5.84 Å². The van der Waals surface area contributed by atoms with Crippen LogP contribution in [-0.2, 0) is 10.0 Å². The van der Waals surface area contributed by atoms with Crippen molar-refractivity contribution in [2.45, 2.75) is 43.9 Å². The van der Waals surface area contributed by atoms with Crippen LogP contribution in [0.25, 0.3) is 0 Å². The Morgan fingerprint density at radius 2 is 1.76 bits per heavy atom. The standard InChI is InChI=1S/C15H25N3O2S/c1-12-2-4-13(5-3-12)10-11-17-21(19,20)15-8-6-14(18-16)7-9-15/h6-9,12-13,17-18H,2-5,10-11,16H2,1H3. The second-order valence-corrected chi connectivity index (χ2v) is 7.75. The molecule has 6 heteroatoms. The van der Waals surface area contributed by atoms with Gasteiger partial charge in [-0.3, -0.25) is 5.84 Å². The molecule has 0 saturated heterocycles. The molecule has 0 amide bonds. The maximum Gasteiger partial charge on any atom is 0.240 e. The molecule has 0 spiro atoms. The fourth-order valence-electron chi connectivity index (χ4n) is 2.83. The summed E-state index contributed by atoms with van der Waals surface area (Å²) >= 11 is 0. The summed E-state index contributed by atoms with van der Waals surface area (Å²) in [5, 5.41) is 0. The lowest BCUT2D eigenvalue weighted by Crippen LogP contribution is -2.27. The van der Waals surface area contributed by atoms with Crippen LogP contribution in [0.4, 0.5) is 5.69 Å². The molecule has 21 heavy (non-hydrogen) atoms. The van der Waals surface area contributed by atoms with Gasteiger partial charge in [0.05, 0.1) is 4.90 Å². The summed E-state index contributed by atoms with van der Waals surface area (Å²) in [6, 6.07) is 6.41. The van der Waals surface area contributed by atoms with Crippen LogP contribution in [-0.4, -0.2) is 15.0 Å². The number of nitrogens with one attached hydrogen (secondary N) is 2. The van der Waals surface area contributed by atoms with E-state index in [1.165, 1.54) is 25.7 Å². The minimum Gasteiger partial charge on any atom is -0.324 e. The smallest absolute Gasteiger partial charge is 0.240 e. The van der Waals surface area contributed by atoms with Crippen LogP contribution in [0.1, 0.15) is 39.0 Å². The lowest BCUT2D eigenvalue weighted by molar-refractivity contribution is 0.278. The molecule has 0 heterocycles. The molecule has 1 aliphatic carbocycles. The van der Waals surface area contributed by atoms with Crippen LogP contribution < -0.4 is 16.0 Å². The number of benzene rings is 1. The Kier molecular flexibility index (Phi) is 5.61. The van der Waals surface area contributed by atoms with Crippen LogP contribution >= 0.6 is 0 Å². The first-order valence-electron chi connectivity index (χ1n) is 7.57. The lowest BCUT2D eigenvalue weighted by atomic mass is 9.81. The molecule has 1 aromatic carbocycles. The Bertz CT molecular complexity index is 535. The summed E-state index contributed by atoms with van der Waals surface area (Å²) in [4.78, 5) is 0.277. The zero-order chi connectivity index (χ0) is 15.3. The summed E-state index contributed by atoms with van der Waals surface area (Å²) in [6.45, 7) is 2.80. The zero-order valence-corrected chi connectivity index (χ0v) is 13.3. The van der Waals surface area contributed by atoms with Crippen molar-refractivity contribution >= 4 is 15.7 Å². The first-order valence-corrected chi connectivity index (χ1v) is 9.06. The number of rotatable bonds is 6. The summed E-state index contributed by atoms with van der Waals surface area (Å²) in [7, 11) is -3.42. The van der Waals surface area contributed by atoms with Crippen molar-refractivity contribution in [2.24, 2.45) is 17.7 Å². The van der Waals surface area contributed by atoms with Crippen LogP contribution in [0, 0.1) is 11.8 Å². The van der Waals surface area contributed by atoms with E-state index in [-0.39, 0.29) is 4.90 Å². The molecule has 1 fully saturated rings. The third-order valence-corrected chi connectivity index (χ3v) is 5.79. The van der Waals surface area contributed by atoms with E-state index in [9.17, 15) is 8.42 Å². The van der Waals surface area contributed by atoms with E-state index < -0.39 is 10.0 Å². The molecule has 0 atom stereocenters. The summed E-state index contributed by atoms with van der Waals surface area (Å²) in [6.07, 6.45) is 5.91. The van der Waals surface area contributed by atoms with E-state index in [0.717, 1.165) is 12.3 Å². The minimum absolute atomic E-state index is 0.277. The number of hydrogen-bond donors (Lipinski definition) is 3. The number of hydrazine groups is 1. The van der Waals surface area contributed by atoms with Crippen molar-refractivity contribution in [3.8, 4) is 0 Å². The van der Waals surface area contributed by atoms with Crippen molar-refractivity contribution in [3.63, 3.8) is 0 Å². The molecule has 1 saturated carbocycles. The predicted molar refractivity (Wildman–Crippen MR) is 85.2 cm³/mol. The maximum atomic E-state index is 12.2. The van der Waals surface area contributed by atoms with Gasteiger partial charge in [-0.2, -0.15) is 0 Å². The zero-order valence-electron chi connectivity index (χ0n) is 12.5. The van der Waals surface area contributed by atoms with Crippen molar-refractivity contribution < 1.29 is 8.42 Å². The van der Waals surface area contributed by atoms with Gasteiger partial charge in [0.25, 0.3) is 0 Å². The third kappa shape index (κ3) is 4.69. The Hall–Kier alpha value is -1.11. The van der Waals surface area contributed by atoms with Gasteiger partial charge in [0.2, 0.25) is 10.0 Å². The highest BCUT2D eigenvalue weighted by molar-refractivity contribution is 7.89. The van der Waals surface area contributed by atoms with Gasteiger partial charge in [0, 0.05) is 12.2 Å². The summed E-state index contributed by atoms with van der Waals surface area (Å²) in [5.74, 6) is 6.75. The first-order chi connectivity index (χ1) is 10.0. The van der Waals surface area contributed by atoms with Gasteiger partial charge in [-0.15, -0.1) is 0 Å². The highest BCUT2D eigenvalue weighted by Gasteiger charge is 2.19. The first kappa shape index (κ1) is 16.3. The fraction of sp³-hybridized carbons (Fsp3) is 0.600. The van der Waals surface area contributed by atoms with E-state index in [2.05, 4.69) is 17.1 Å². The summed E-state index contributed by atoms with van der Waals surface area (Å²) < 4.78 is 27.0. The molecule has 0 aromatic heterocycles. The highest BCUT2D eigenvalue weighted by Crippen LogP contribution is 2.30. The minimum atomic E-state index is -3.42. The topological polar surface area (TPSA) is 84.2 Å². The van der Waals surface area contributed by atoms with Gasteiger partial charge in [-0.25, -0.2) is 13.1 Å². The van der Waals surface area contributed by atoms with Crippen molar-refractivity contribution in [2.75, 3.05) is 12.0 Å². The molecule has 4 N–H and O–H groups in total. The Balaban J connectivity index is 1.83. The maximum absolute atomic E-state index is 12.2. The number of sulfonamides is 1. The monoisotopic (exact) mass is 311 g/mol. The van der Waals surface area contributed by atoms with Gasteiger partial charge >= 0.3 is 0 Å². The Labute approximate surface area is 127 Å². The summed E-state index contributed by atoms with van der Waals surface area (Å²) in [5.41, 5.74) is 3.17. The second kappa shape index (κ2) is 7.24. The van der Waals surface area contributed by atoms with Crippen molar-refractivity contribution in [1.82, 2.24) is 4.72 Å². The molecule has 0 radical (unpaired) electrons. The molecule has 1 aliphatic rings. The number of nitrogen functional groups attached to an aromatic ring is 1. The van der Waals surface area contributed by atoms with E-state index >= 15 is 0 Å². The van der Waals surface area contributed by atoms with Gasteiger partial charge in [-0.1, -0.05) is 32.6 Å². The van der Waals surface area contributed by atoms with Gasteiger partial charge < -0.3 is 5.43 Å². The number of anilines is 1. The van der Waals surface area contributed by atoms with Gasteiger partial charge in [0.1, 0.15) is 0 Å². The highest BCUT2D eigenvalue weighted by atomic mass is 32.2. The van der Waals surface area contributed by atoms with Crippen molar-refractivity contribution in [3.05, 3.63) is 24.3 Å². The molecule has 2 rings (SSSR count). The largest absolute Gasteiger partial charge is 0.324 e. The molecule has 0 aliphatic heterocycles. The van der Waals surface area contributed by atoms with Gasteiger partial charge in [-0.05, 0) is 42.5 Å². The number of hydrogen-bond acceptors (Lipinski definition) is 4. The van der Waals surface area contributed by atoms with Crippen molar-refractivity contribution in [1.29, 1.82) is 0 Å². The molecule has 0 bridgehead atoms. The Morgan fingerprint density at radius 3 is 2.33 bits per heavy atom. The Morgan fingerprint density at radius 1 is 1.14 bits per heavy atom. The second-order valence-electron chi connectivity index (χ2n) is 5.98. The van der Waals surface area contributed by atoms with Crippen LogP contribution in [0.3, 0.4) is 0 Å². The van der Waals surface area contributed by atoms with E-state index in [1.807, 2.05) is 0 Å². The van der Waals surface area contributed by atoms with E-state index in [1.54, 1.807) is 24.3 Å². The van der Waals surface area contributed by atoms with Gasteiger partial charge in [0.15, 0.2) is 0 Å². The SMILES string of the molecule is CC1CCC(CCNS(=O)(=O)c2ccc(NN)cc2)CC1. The molecular formula is C15H25N3O2S. The molecule has 5 nitrogen and oxygen atoms in total. The fourth-order valence-corrected chi connectivity index (χ4v) is 3.88. The molecule has 118 valence electrons. The molecular weight excluding hydrogens is 286 g/mol. The van der Waals surface area contributed by atoms with E-state index in [0.29, 0.717) is 18.2 Å². The number of nitrogens with two attached hydrogens (primary N) is 1. The molecule has 1 aromatic rings. The third-order valence-electron chi connectivity index (χ3n) is 4.31. The predicted octanol–water partition coefficient (Wildman–Crippen LogP) is 2.47. The quantitative estimate of drug-likeness (QED) is 0.556. The normalized spacial score (nSPS) is 23.0. The average molecular weight is 311 g/mol. The molecule has 0 unspecified atom stereocenters. The lowest BCUT2D eigenvalue weighted by Gasteiger charge is -2.26. The van der Waals surface area contributed by atoms with Crippen LogP contribution in [0.2, 0.25) is 0 Å². The van der Waals surface area contributed by atoms with Crippen LogP contribution in [0.5, 0.6) is 0 Å². The average Bonchev–Trinajstić information content (AvgIpc) is 2.49.